The van der Waals surface area contributed by atoms with Crippen molar-refractivity contribution in [1.82, 2.24) is 9.99 Å². The van der Waals surface area contributed by atoms with E-state index in [9.17, 15) is 18.0 Å². The molecule has 0 aliphatic carbocycles. The number of aromatic nitrogens is 1. The molecule has 0 spiro atoms. The molecule has 1 amide bonds. The zero-order valence-corrected chi connectivity index (χ0v) is 16.3. The molecular formula is C24H18F3N3O. The second kappa shape index (κ2) is 8.47. The number of hydrogen-bond donors (Lipinski definition) is 1. The lowest BCUT2D eigenvalue weighted by Gasteiger charge is -2.11. The quantitative estimate of drug-likeness (QED) is 0.343. The predicted molar refractivity (Wildman–Crippen MR) is 114 cm³/mol. The molecule has 4 nitrogen and oxygen atoms in total. The minimum atomic E-state index is -4.42. The summed E-state index contributed by atoms with van der Waals surface area (Å²) < 4.78 is 40.5. The number of halogens is 3. The first-order chi connectivity index (χ1) is 14.9. The Morgan fingerprint density at radius 3 is 2.58 bits per heavy atom. The number of benzene rings is 3. The van der Waals surface area contributed by atoms with Gasteiger partial charge in [-0.15, -0.1) is 0 Å². The molecule has 0 fully saturated rings. The molecule has 1 aromatic heterocycles. The van der Waals surface area contributed by atoms with E-state index in [0.29, 0.717) is 11.4 Å². The molecule has 1 heterocycles. The molecule has 1 N–H and O–H groups in total. The standard InChI is InChI=1S/C24H18F3N3O/c25-24(26,27)19-9-4-10-20(15-19)30-13-5-11-21(30)16-28-29-23(31)14-18-8-3-7-17-6-1-2-12-22(17)18/h1-13,15-16H,14H2,(H,29,31)/b28-16-. The third-order valence-corrected chi connectivity index (χ3v) is 4.85. The molecule has 3 aromatic carbocycles. The number of nitrogens with zero attached hydrogens (tertiary/aromatic N) is 2. The highest BCUT2D eigenvalue weighted by molar-refractivity contribution is 5.90. The van der Waals surface area contributed by atoms with Gasteiger partial charge in [0.05, 0.1) is 23.9 Å². The van der Waals surface area contributed by atoms with E-state index in [4.69, 9.17) is 0 Å². The molecule has 0 unspecified atom stereocenters. The van der Waals surface area contributed by atoms with Crippen LogP contribution < -0.4 is 5.43 Å². The van der Waals surface area contributed by atoms with Crippen LogP contribution in [0.4, 0.5) is 13.2 Å². The summed E-state index contributed by atoms with van der Waals surface area (Å²) >= 11 is 0. The van der Waals surface area contributed by atoms with Crippen molar-refractivity contribution in [1.29, 1.82) is 0 Å². The molecule has 0 radical (unpaired) electrons. The van der Waals surface area contributed by atoms with Gasteiger partial charge in [0.1, 0.15) is 0 Å². The van der Waals surface area contributed by atoms with Gasteiger partial charge in [0.25, 0.3) is 0 Å². The molecule has 0 atom stereocenters. The van der Waals surface area contributed by atoms with Crippen molar-refractivity contribution < 1.29 is 18.0 Å². The summed E-state index contributed by atoms with van der Waals surface area (Å²) in [5.41, 5.74) is 3.52. The summed E-state index contributed by atoms with van der Waals surface area (Å²) in [4.78, 5) is 12.3. The molecule has 7 heteroatoms. The number of rotatable bonds is 5. The SMILES string of the molecule is O=C(Cc1cccc2ccccc12)N/N=C\c1cccn1-c1cccc(C(F)(F)F)c1. The van der Waals surface area contributed by atoms with Crippen molar-refractivity contribution in [3.05, 3.63) is 102 Å². The Morgan fingerprint density at radius 2 is 1.74 bits per heavy atom. The lowest BCUT2D eigenvalue weighted by atomic mass is 10.0. The van der Waals surface area contributed by atoms with E-state index in [1.165, 1.54) is 12.3 Å². The number of fused-ring (bicyclic) bond motifs is 1. The highest BCUT2D eigenvalue weighted by Crippen LogP contribution is 2.30. The number of nitrogens with one attached hydrogen (secondary N) is 1. The van der Waals surface area contributed by atoms with Gasteiger partial charge in [-0.05, 0) is 46.7 Å². The van der Waals surface area contributed by atoms with Crippen molar-refractivity contribution in [2.75, 3.05) is 0 Å². The summed E-state index contributed by atoms with van der Waals surface area (Å²) in [7, 11) is 0. The van der Waals surface area contributed by atoms with Crippen LogP contribution in [0.3, 0.4) is 0 Å². The normalized spacial score (nSPS) is 11.8. The Labute approximate surface area is 176 Å². The molecule has 0 bridgehead atoms. The van der Waals surface area contributed by atoms with E-state index in [0.717, 1.165) is 28.5 Å². The van der Waals surface area contributed by atoms with E-state index in [-0.39, 0.29) is 12.3 Å². The maximum Gasteiger partial charge on any atom is 0.416 e. The summed E-state index contributed by atoms with van der Waals surface area (Å²) in [5, 5.41) is 6.03. The number of carbonyl (C=O) groups is 1. The minimum Gasteiger partial charge on any atom is -0.316 e. The van der Waals surface area contributed by atoms with Crippen LogP contribution in [0.15, 0.2) is 90.2 Å². The molecule has 31 heavy (non-hydrogen) atoms. The van der Waals surface area contributed by atoms with Gasteiger partial charge in [-0.2, -0.15) is 18.3 Å². The zero-order valence-electron chi connectivity index (χ0n) is 16.3. The third kappa shape index (κ3) is 4.66. The fraction of sp³-hybridized carbons (Fsp3) is 0.0833. The van der Waals surface area contributed by atoms with Gasteiger partial charge >= 0.3 is 6.18 Å². The summed E-state index contributed by atoms with van der Waals surface area (Å²) in [6.45, 7) is 0. The number of hydrazone groups is 1. The Kier molecular flexibility index (Phi) is 5.58. The third-order valence-electron chi connectivity index (χ3n) is 4.85. The number of hydrogen-bond acceptors (Lipinski definition) is 2. The lowest BCUT2D eigenvalue weighted by molar-refractivity contribution is -0.137. The Balaban J connectivity index is 1.47. The fourth-order valence-corrected chi connectivity index (χ4v) is 3.40. The van der Waals surface area contributed by atoms with Crippen molar-refractivity contribution in [2.45, 2.75) is 12.6 Å². The summed E-state index contributed by atoms with van der Waals surface area (Å²) in [6, 6.07) is 22.0. The van der Waals surface area contributed by atoms with Crippen LogP contribution in [0, 0.1) is 0 Å². The van der Waals surface area contributed by atoms with Gasteiger partial charge in [0.2, 0.25) is 5.91 Å². The summed E-state index contributed by atoms with van der Waals surface area (Å²) in [6.07, 6.45) is -1.23. The van der Waals surface area contributed by atoms with Gasteiger partial charge < -0.3 is 4.57 Å². The van der Waals surface area contributed by atoms with Crippen LogP contribution in [-0.2, 0) is 17.4 Å². The van der Waals surface area contributed by atoms with Crippen LogP contribution >= 0.6 is 0 Å². The van der Waals surface area contributed by atoms with Gasteiger partial charge in [-0.25, -0.2) is 5.43 Å². The van der Waals surface area contributed by atoms with Gasteiger partial charge in [0.15, 0.2) is 0 Å². The van der Waals surface area contributed by atoms with Crippen molar-refractivity contribution in [2.24, 2.45) is 5.10 Å². The van der Waals surface area contributed by atoms with E-state index in [1.807, 2.05) is 42.5 Å². The first-order valence-electron chi connectivity index (χ1n) is 9.55. The molecule has 156 valence electrons. The Bertz CT molecular complexity index is 1250. The predicted octanol–water partition coefficient (Wildman–Crippen LogP) is 5.34. The molecule has 0 saturated carbocycles. The molecule has 0 aliphatic rings. The maximum absolute atomic E-state index is 13.0. The van der Waals surface area contributed by atoms with Gasteiger partial charge in [0, 0.05) is 11.9 Å². The lowest BCUT2D eigenvalue weighted by Crippen LogP contribution is -2.20. The first kappa shape index (κ1) is 20.4. The number of carbonyl (C=O) groups excluding carboxylic acids is 1. The first-order valence-corrected chi connectivity index (χ1v) is 9.55. The molecular weight excluding hydrogens is 403 g/mol. The Morgan fingerprint density at radius 1 is 0.968 bits per heavy atom. The van der Waals surface area contributed by atoms with Gasteiger partial charge in [-0.1, -0.05) is 48.5 Å². The van der Waals surface area contributed by atoms with E-state index >= 15 is 0 Å². The van der Waals surface area contributed by atoms with Crippen molar-refractivity contribution in [3.63, 3.8) is 0 Å². The second-order valence-electron chi connectivity index (χ2n) is 6.96. The number of amides is 1. The average Bonchev–Trinajstić information content (AvgIpc) is 3.22. The maximum atomic E-state index is 13.0. The highest BCUT2D eigenvalue weighted by Gasteiger charge is 2.30. The topological polar surface area (TPSA) is 46.4 Å². The second-order valence-corrected chi connectivity index (χ2v) is 6.96. The van der Waals surface area contributed by atoms with Gasteiger partial charge in [-0.3, -0.25) is 4.79 Å². The number of alkyl halides is 3. The molecule has 4 rings (SSSR count). The van der Waals surface area contributed by atoms with Crippen LogP contribution in [0.2, 0.25) is 0 Å². The van der Waals surface area contributed by atoms with E-state index < -0.39 is 11.7 Å². The zero-order chi connectivity index (χ0) is 21.8. The molecule has 0 saturated heterocycles. The van der Waals surface area contributed by atoms with Crippen LogP contribution in [0.25, 0.3) is 16.5 Å². The summed E-state index contributed by atoms with van der Waals surface area (Å²) in [5.74, 6) is -0.287. The molecule has 4 aromatic rings. The smallest absolute Gasteiger partial charge is 0.316 e. The van der Waals surface area contributed by atoms with Crippen LogP contribution in [0.1, 0.15) is 16.8 Å². The molecule has 0 aliphatic heterocycles. The highest BCUT2D eigenvalue weighted by atomic mass is 19.4. The van der Waals surface area contributed by atoms with Crippen molar-refractivity contribution in [3.8, 4) is 5.69 Å². The minimum absolute atomic E-state index is 0.160. The Hall–Kier alpha value is -3.87. The fourth-order valence-electron chi connectivity index (χ4n) is 3.40. The van der Waals surface area contributed by atoms with Crippen LogP contribution in [-0.4, -0.2) is 16.7 Å². The largest absolute Gasteiger partial charge is 0.416 e. The average molecular weight is 421 g/mol. The van der Waals surface area contributed by atoms with E-state index in [1.54, 1.807) is 29.0 Å². The van der Waals surface area contributed by atoms with Crippen LogP contribution in [0.5, 0.6) is 0 Å². The van der Waals surface area contributed by atoms with Crippen molar-refractivity contribution >= 4 is 22.9 Å². The monoisotopic (exact) mass is 421 g/mol. The van der Waals surface area contributed by atoms with E-state index in [2.05, 4.69) is 10.5 Å².